The minimum absolute atomic E-state index is 0.168. The van der Waals surface area contributed by atoms with Gasteiger partial charge in [-0.3, -0.25) is 4.79 Å². The van der Waals surface area contributed by atoms with E-state index in [0.29, 0.717) is 18.5 Å². The third-order valence-corrected chi connectivity index (χ3v) is 4.27. The third-order valence-electron chi connectivity index (χ3n) is 4.27. The molecule has 0 spiro atoms. The molecule has 2 atom stereocenters. The van der Waals surface area contributed by atoms with Crippen LogP contribution in [0.15, 0.2) is 18.2 Å². The largest absolute Gasteiger partial charge is 0.336 e. The number of likely N-dealkylation sites (tertiary alicyclic amines) is 1. The molecule has 1 fully saturated rings. The maximum atomic E-state index is 12.8. The number of rotatable bonds is 2. The predicted octanol–water partition coefficient (Wildman–Crippen LogP) is 2.50. The van der Waals surface area contributed by atoms with Gasteiger partial charge in [-0.2, -0.15) is 0 Å². The molecule has 3 nitrogen and oxygen atoms in total. The summed E-state index contributed by atoms with van der Waals surface area (Å²) in [6.07, 6.45) is 2.19. The van der Waals surface area contributed by atoms with Gasteiger partial charge in [-0.15, -0.1) is 0 Å². The Balaban J connectivity index is 2.27. The van der Waals surface area contributed by atoms with Crippen LogP contribution in [0, 0.1) is 19.8 Å². The highest BCUT2D eigenvalue weighted by atomic mass is 16.2. The summed E-state index contributed by atoms with van der Waals surface area (Å²) >= 11 is 0. The van der Waals surface area contributed by atoms with Crippen LogP contribution in [0.4, 0.5) is 0 Å². The topological polar surface area (TPSA) is 46.3 Å². The van der Waals surface area contributed by atoms with E-state index < -0.39 is 0 Å². The minimum atomic E-state index is 0.168. The molecule has 3 heteroatoms. The minimum Gasteiger partial charge on any atom is -0.336 e. The van der Waals surface area contributed by atoms with Gasteiger partial charge < -0.3 is 10.6 Å². The molecule has 2 N–H and O–H groups in total. The van der Waals surface area contributed by atoms with Crippen molar-refractivity contribution in [2.24, 2.45) is 11.7 Å². The molecule has 1 aliphatic heterocycles. The Morgan fingerprint density at radius 2 is 1.95 bits per heavy atom. The van der Waals surface area contributed by atoms with Crippen molar-refractivity contribution in [2.75, 3.05) is 13.1 Å². The molecule has 0 radical (unpaired) electrons. The number of hydrogen-bond donors (Lipinski definition) is 1. The van der Waals surface area contributed by atoms with Crippen molar-refractivity contribution >= 4 is 5.91 Å². The SMILES string of the molecule is Cc1cccc(C)c1C(=O)N1CC(CN)CCC1C. The molecule has 2 unspecified atom stereocenters. The Hall–Kier alpha value is -1.35. The zero-order chi connectivity index (χ0) is 14.0. The van der Waals surface area contributed by atoms with Crippen LogP contribution >= 0.6 is 0 Å². The van der Waals surface area contributed by atoms with Crippen LogP contribution < -0.4 is 5.73 Å². The summed E-state index contributed by atoms with van der Waals surface area (Å²) in [6.45, 7) is 7.62. The summed E-state index contributed by atoms with van der Waals surface area (Å²) < 4.78 is 0. The van der Waals surface area contributed by atoms with E-state index in [9.17, 15) is 4.79 Å². The molecule has 2 rings (SSSR count). The molecule has 1 amide bonds. The van der Waals surface area contributed by atoms with Crippen LogP contribution in [0.2, 0.25) is 0 Å². The van der Waals surface area contributed by atoms with Crippen LogP contribution in [-0.2, 0) is 0 Å². The van der Waals surface area contributed by atoms with E-state index >= 15 is 0 Å². The molecular formula is C16H24N2O. The quantitative estimate of drug-likeness (QED) is 0.888. The number of amides is 1. The number of aryl methyl sites for hydroxylation is 2. The molecule has 0 aliphatic carbocycles. The lowest BCUT2D eigenvalue weighted by Crippen LogP contribution is -2.47. The summed E-state index contributed by atoms with van der Waals surface area (Å²) in [6, 6.07) is 6.34. The van der Waals surface area contributed by atoms with E-state index in [-0.39, 0.29) is 5.91 Å². The molecule has 1 aliphatic rings. The summed E-state index contributed by atoms with van der Waals surface area (Å²) in [5.41, 5.74) is 8.76. The lowest BCUT2D eigenvalue weighted by atomic mass is 9.92. The maximum Gasteiger partial charge on any atom is 0.254 e. The third kappa shape index (κ3) is 2.81. The lowest BCUT2D eigenvalue weighted by molar-refractivity contribution is 0.0565. The Kier molecular flexibility index (Phi) is 4.25. The second-order valence-electron chi connectivity index (χ2n) is 5.75. The van der Waals surface area contributed by atoms with Gasteiger partial charge in [0, 0.05) is 18.2 Å². The first-order valence-corrected chi connectivity index (χ1v) is 7.11. The highest BCUT2D eigenvalue weighted by Gasteiger charge is 2.30. The van der Waals surface area contributed by atoms with Gasteiger partial charge in [0.05, 0.1) is 0 Å². The molecule has 104 valence electrons. The fraction of sp³-hybridized carbons (Fsp3) is 0.562. The average molecular weight is 260 g/mol. The van der Waals surface area contributed by atoms with Crippen molar-refractivity contribution in [3.8, 4) is 0 Å². The summed E-state index contributed by atoms with van der Waals surface area (Å²) in [4.78, 5) is 14.8. The van der Waals surface area contributed by atoms with E-state index in [4.69, 9.17) is 5.73 Å². The first-order valence-electron chi connectivity index (χ1n) is 7.11. The molecular weight excluding hydrogens is 236 g/mol. The van der Waals surface area contributed by atoms with E-state index in [1.165, 1.54) is 0 Å². The Morgan fingerprint density at radius 1 is 1.32 bits per heavy atom. The van der Waals surface area contributed by atoms with Gasteiger partial charge in [-0.1, -0.05) is 18.2 Å². The number of hydrogen-bond acceptors (Lipinski definition) is 2. The number of carbonyl (C=O) groups is 1. The Labute approximate surface area is 115 Å². The zero-order valence-electron chi connectivity index (χ0n) is 12.1. The molecule has 19 heavy (non-hydrogen) atoms. The second-order valence-corrected chi connectivity index (χ2v) is 5.75. The van der Waals surface area contributed by atoms with Crippen molar-refractivity contribution in [1.82, 2.24) is 4.90 Å². The fourth-order valence-corrected chi connectivity index (χ4v) is 2.95. The Morgan fingerprint density at radius 3 is 2.53 bits per heavy atom. The van der Waals surface area contributed by atoms with Crippen LogP contribution in [0.3, 0.4) is 0 Å². The molecule has 1 aromatic carbocycles. The van der Waals surface area contributed by atoms with Crippen molar-refractivity contribution < 1.29 is 4.79 Å². The van der Waals surface area contributed by atoms with Crippen LogP contribution in [0.25, 0.3) is 0 Å². The number of nitrogens with two attached hydrogens (primary N) is 1. The van der Waals surface area contributed by atoms with E-state index in [1.54, 1.807) is 0 Å². The Bertz CT molecular complexity index is 450. The smallest absolute Gasteiger partial charge is 0.254 e. The van der Waals surface area contributed by atoms with Gasteiger partial charge in [0.25, 0.3) is 5.91 Å². The molecule has 0 bridgehead atoms. The van der Waals surface area contributed by atoms with Crippen molar-refractivity contribution in [3.05, 3.63) is 34.9 Å². The highest BCUT2D eigenvalue weighted by molar-refractivity contribution is 5.97. The van der Waals surface area contributed by atoms with E-state index in [2.05, 4.69) is 6.92 Å². The predicted molar refractivity (Wildman–Crippen MR) is 78.2 cm³/mol. The monoisotopic (exact) mass is 260 g/mol. The van der Waals surface area contributed by atoms with Gasteiger partial charge in [0.15, 0.2) is 0 Å². The van der Waals surface area contributed by atoms with Crippen LogP contribution in [0.1, 0.15) is 41.3 Å². The van der Waals surface area contributed by atoms with Gasteiger partial charge in [0.2, 0.25) is 0 Å². The average Bonchev–Trinajstić information content (AvgIpc) is 2.39. The van der Waals surface area contributed by atoms with Crippen molar-refractivity contribution in [3.63, 3.8) is 0 Å². The summed E-state index contributed by atoms with van der Waals surface area (Å²) in [7, 11) is 0. The van der Waals surface area contributed by atoms with E-state index in [1.807, 2.05) is 36.9 Å². The second kappa shape index (κ2) is 5.74. The van der Waals surface area contributed by atoms with Crippen molar-refractivity contribution in [1.29, 1.82) is 0 Å². The zero-order valence-corrected chi connectivity index (χ0v) is 12.1. The fourth-order valence-electron chi connectivity index (χ4n) is 2.95. The number of piperidine rings is 1. The molecule has 1 aromatic rings. The van der Waals surface area contributed by atoms with Gasteiger partial charge >= 0.3 is 0 Å². The van der Waals surface area contributed by atoms with Crippen molar-refractivity contribution in [2.45, 2.75) is 39.7 Å². The summed E-state index contributed by atoms with van der Waals surface area (Å²) in [5.74, 6) is 0.616. The van der Waals surface area contributed by atoms with Gasteiger partial charge in [0.1, 0.15) is 0 Å². The standard InChI is InChI=1S/C16H24N2O/c1-11-5-4-6-12(2)15(11)16(19)18-10-14(9-17)8-7-13(18)3/h4-6,13-14H,7-10,17H2,1-3H3. The van der Waals surface area contributed by atoms with Gasteiger partial charge in [-0.25, -0.2) is 0 Å². The molecule has 1 heterocycles. The number of carbonyl (C=O) groups excluding carboxylic acids is 1. The highest BCUT2D eigenvalue weighted by Crippen LogP contribution is 2.25. The number of nitrogens with zero attached hydrogens (tertiary/aromatic N) is 1. The van der Waals surface area contributed by atoms with Crippen LogP contribution in [0.5, 0.6) is 0 Å². The first-order chi connectivity index (χ1) is 9.04. The first kappa shape index (κ1) is 14.1. The lowest BCUT2D eigenvalue weighted by Gasteiger charge is -2.38. The molecule has 0 saturated carbocycles. The normalized spacial score (nSPS) is 23.5. The molecule has 0 aromatic heterocycles. The maximum absolute atomic E-state index is 12.8. The van der Waals surface area contributed by atoms with Gasteiger partial charge in [-0.05, 0) is 57.2 Å². The molecule has 1 saturated heterocycles. The summed E-state index contributed by atoms with van der Waals surface area (Å²) in [5, 5.41) is 0. The number of benzene rings is 1. The van der Waals surface area contributed by atoms with Crippen LogP contribution in [-0.4, -0.2) is 29.9 Å². The van der Waals surface area contributed by atoms with E-state index in [0.717, 1.165) is 36.1 Å².